The maximum atomic E-state index is 12.4. The summed E-state index contributed by atoms with van der Waals surface area (Å²) in [6.45, 7) is 2.03. The molecule has 4 nitrogen and oxygen atoms in total. The quantitative estimate of drug-likeness (QED) is 0.932. The largest absolute Gasteiger partial charge is 0.480 e. The first-order valence-corrected chi connectivity index (χ1v) is 7.08. The maximum Gasteiger partial charge on any atom is 0.329 e. The number of carbonyl (C=O) groups excluding carboxylic acids is 1. The highest BCUT2D eigenvalue weighted by atomic mass is 35.5. The van der Waals surface area contributed by atoms with Crippen LogP contribution in [0.4, 0.5) is 0 Å². The number of rotatable bonds is 3. The number of amides is 1. The molecule has 0 unspecified atom stereocenters. The lowest BCUT2D eigenvalue weighted by molar-refractivity contribution is -0.155. The van der Waals surface area contributed by atoms with E-state index < -0.39 is 11.5 Å². The van der Waals surface area contributed by atoms with Crippen LogP contribution >= 0.6 is 23.2 Å². The summed E-state index contributed by atoms with van der Waals surface area (Å²) in [6.07, 6.45) is 1.16. The number of nitrogens with zero attached hydrogens (tertiary/aromatic N) is 1. The first-order valence-electron chi connectivity index (χ1n) is 6.33. The zero-order valence-electron chi connectivity index (χ0n) is 11.0. The number of aliphatic carboxylic acids is 1. The van der Waals surface area contributed by atoms with Gasteiger partial charge in [0.15, 0.2) is 0 Å². The fourth-order valence-corrected chi connectivity index (χ4v) is 3.06. The molecule has 1 aliphatic heterocycles. The standard InChI is InChI=1S/C14H15Cl2NO3/c1-14(13(19)20)6-3-7-17(14)12(18)8-9-10(15)4-2-5-11(9)16/h2,4-5H,3,6-8H2,1H3,(H,19,20)/t14-/m1/s1. The molecule has 1 N–H and O–H groups in total. The van der Waals surface area contributed by atoms with Crippen molar-refractivity contribution in [3.63, 3.8) is 0 Å². The number of benzene rings is 1. The average Bonchev–Trinajstić information content (AvgIpc) is 2.77. The van der Waals surface area contributed by atoms with E-state index in [-0.39, 0.29) is 12.3 Å². The van der Waals surface area contributed by atoms with E-state index in [0.717, 1.165) is 0 Å². The van der Waals surface area contributed by atoms with Crippen molar-refractivity contribution in [2.75, 3.05) is 6.54 Å². The summed E-state index contributed by atoms with van der Waals surface area (Å²) in [4.78, 5) is 25.2. The van der Waals surface area contributed by atoms with Crippen LogP contribution in [-0.2, 0) is 16.0 Å². The predicted molar refractivity (Wildman–Crippen MR) is 77.2 cm³/mol. The smallest absolute Gasteiger partial charge is 0.329 e. The summed E-state index contributed by atoms with van der Waals surface area (Å²) >= 11 is 12.1. The number of carbonyl (C=O) groups is 2. The highest BCUT2D eigenvalue weighted by Gasteiger charge is 2.45. The highest BCUT2D eigenvalue weighted by Crippen LogP contribution is 2.31. The van der Waals surface area contributed by atoms with Crippen LogP contribution in [0.5, 0.6) is 0 Å². The number of hydrogen-bond donors (Lipinski definition) is 1. The van der Waals surface area contributed by atoms with Crippen molar-refractivity contribution in [2.24, 2.45) is 0 Å². The molecule has 0 saturated carbocycles. The highest BCUT2D eigenvalue weighted by molar-refractivity contribution is 6.36. The minimum atomic E-state index is -1.13. The second-order valence-electron chi connectivity index (χ2n) is 5.10. The molecule has 20 heavy (non-hydrogen) atoms. The van der Waals surface area contributed by atoms with Crippen LogP contribution in [0.15, 0.2) is 18.2 Å². The van der Waals surface area contributed by atoms with E-state index >= 15 is 0 Å². The Morgan fingerprint density at radius 1 is 1.35 bits per heavy atom. The van der Waals surface area contributed by atoms with E-state index in [1.165, 1.54) is 4.90 Å². The van der Waals surface area contributed by atoms with Gasteiger partial charge in [-0.15, -0.1) is 0 Å². The summed E-state index contributed by atoms with van der Waals surface area (Å²) in [5.41, 5.74) is -0.592. The van der Waals surface area contributed by atoms with E-state index in [4.69, 9.17) is 23.2 Å². The fourth-order valence-electron chi connectivity index (χ4n) is 2.53. The van der Waals surface area contributed by atoms with Crippen molar-refractivity contribution >= 4 is 35.1 Å². The molecule has 6 heteroatoms. The molecule has 1 aliphatic rings. The second-order valence-corrected chi connectivity index (χ2v) is 5.92. The van der Waals surface area contributed by atoms with Crippen molar-refractivity contribution in [3.05, 3.63) is 33.8 Å². The second kappa shape index (κ2) is 5.62. The van der Waals surface area contributed by atoms with Crippen LogP contribution in [0, 0.1) is 0 Å². The van der Waals surface area contributed by atoms with E-state index in [2.05, 4.69) is 0 Å². The molecule has 1 atom stereocenters. The van der Waals surface area contributed by atoms with Gasteiger partial charge < -0.3 is 10.0 Å². The molecule has 108 valence electrons. The lowest BCUT2D eigenvalue weighted by atomic mass is 9.98. The first kappa shape index (κ1) is 15.1. The van der Waals surface area contributed by atoms with E-state index in [1.807, 2.05) is 0 Å². The average molecular weight is 316 g/mol. The maximum absolute atomic E-state index is 12.4. The van der Waals surface area contributed by atoms with Gasteiger partial charge in [-0.3, -0.25) is 4.79 Å². The third kappa shape index (κ3) is 2.63. The Hall–Kier alpha value is -1.26. The predicted octanol–water partition coefficient (Wildman–Crippen LogP) is 3.00. The number of hydrogen-bond acceptors (Lipinski definition) is 2. The van der Waals surface area contributed by atoms with Crippen LogP contribution in [0.3, 0.4) is 0 Å². The molecular weight excluding hydrogens is 301 g/mol. The molecular formula is C14H15Cl2NO3. The zero-order chi connectivity index (χ0) is 14.9. The Labute approximate surface area is 127 Å². The molecule has 1 aromatic rings. The Balaban J connectivity index is 2.23. The van der Waals surface area contributed by atoms with Crippen molar-refractivity contribution in [1.82, 2.24) is 4.90 Å². The van der Waals surface area contributed by atoms with Crippen molar-refractivity contribution in [1.29, 1.82) is 0 Å². The Morgan fingerprint density at radius 3 is 2.50 bits per heavy atom. The first-order chi connectivity index (χ1) is 9.36. The monoisotopic (exact) mass is 315 g/mol. The summed E-state index contributed by atoms with van der Waals surface area (Å²) in [5, 5.41) is 10.2. The number of likely N-dealkylation sites (tertiary alicyclic amines) is 1. The summed E-state index contributed by atoms with van der Waals surface area (Å²) < 4.78 is 0. The lowest BCUT2D eigenvalue weighted by Crippen LogP contribution is -2.51. The van der Waals surface area contributed by atoms with Crippen molar-refractivity contribution in [3.8, 4) is 0 Å². The van der Waals surface area contributed by atoms with Crippen LogP contribution in [0.25, 0.3) is 0 Å². The number of carboxylic acids is 1. The van der Waals surface area contributed by atoms with Crippen LogP contribution in [0.2, 0.25) is 10.0 Å². The topological polar surface area (TPSA) is 57.6 Å². The van der Waals surface area contributed by atoms with E-state index in [1.54, 1.807) is 25.1 Å². The fraction of sp³-hybridized carbons (Fsp3) is 0.429. The number of halogens is 2. The van der Waals surface area contributed by atoms with Gasteiger partial charge in [0.2, 0.25) is 5.91 Å². The van der Waals surface area contributed by atoms with Gasteiger partial charge in [0.1, 0.15) is 5.54 Å². The van der Waals surface area contributed by atoms with Crippen LogP contribution < -0.4 is 0 Å². The molecule has 1 heterocycles. The van der Waals surface area contributed by atoms with Gasteiger partial charge in [0.05, 0.1) is 6.42 Å². The molecule has 0 bridgehead atoms. The molecule has 1 amide bonds. The van der Waals surface area contributed by atoms with Gasteiger partial charge in [0.25, 0.3) is 0 Å². The summed E-state index contributed by atoms with van der Waals surface area (Å²) in [5.74, 6) is -1.24. The van der Waals surface area contributed by atoms with Crippen molar-refractivity contribution in [2.45, 2.75) is 31.7 Å². The van der Waals surface area contributed by atoms with Gasteiger partial charge in [-0.2, -0.15) is 0 Å². The molecule has 0 aliphatic carbocycles. The number of carboxylic acid groups (broad SMARTS) is 1. The van der Waals surface area contributed by atoms with E-state index in [0.29, 0.717) is 35.0 Å². The van der Waals surface area contributed by atoms with Gasteiger partial charge >= 0.3 is 5.97 Å². The molecule has 0 radical (unpaired) electrons. The minimum absolute atomic E-state index is 0.0153. The SMILES string of the molecule is C[C@]1(C(=O)O)CCCN1C(=O)Cc1c(Cl)cccc1Cl. The molecule has 2 rings (SSSR count). The van der Waals surface area contributed by atoms with Crippen molar-refractivity contribution < 1.29 is 14.7 Å². The van der Waals surface area contributed by atoms with E-state index in [9.17, 15) is 14.7 Å². The van der Waals surface area contributed by atoms with Crippen LogP contribution in [0.1, 0.15) is 25.3 Å². The molecule has 1 aromatic carbocycles. The van der Waals surface area contributed by atoms with Crippen LogP contribution in [-0.4, -0.2) is 34.0 Å². The van der Waals surface area contributed by atoms with Gasteiger partial charge in [-0.1, -0.05) is 29.3 Å². The summed E-state index contributed by atoms with van der Waals surface area (Å²) in [6, 6.07) is 5.03. The normalized spacial score (nSPS) is 22.1. The summed E-state index contributed by atoms with van der Waals surface area (Å²) in [7, 11) is 0. The minimum Gasteiger partial charge on any atom is -0.480 e. The molecule has 1 fully saturated rings. The zero-order valence-corrected chi connectivity index (χ0v) is 12.5. The molecule has 0 spiro atoms. The molecule has 0 aromatic heterocycles. The Bertz CT molecular complexity index is 541. The Kier molecular flexibility index (Phi) is 4.25. The van der Waals surface area contributed by atoms with Gasteiger partial charge in [-0.25, -0.2) is 4.79 Å². The Morgan fingerprint density at radius 2 is 1.95 bits per heavy atom. The molecule has 1 saturated heterocycles. The van der Waals surface area contributed by atoms with Gasteiger partial charge in [0, 0.05) is 16.6 Å². The lowest BCUT2D eigenvalue weighted by Gasteiger charge is -2.31. The third-order valence-electron chi connectivity index (χ3n) is 3.79. The third-order valence-corrected chi connectivity index (χ3v) is 4.50. The van der Waals surface area contributed by atoms with Gasteiger partial charge in [-0.05, 0) is 37.5 Å².